The molecule has 0 atom stereocenters. The highest BCUT2D eigenvalue weighted by Gasteiger charge is 2.08. The Balaban J connectivity index is 1.78. The van der Waals surface area contributed by atoms with Crippen molar-refractivity contribution in [1.82, 2.24) is 29.7 Å². The van der Waals surface area contributed by atoms with Crippen LogP contribution in [0.1, 0.15) is 5.56 Å². The lowest BCUT2D eigenvalue weighted by molar-refractivity contribution is 0.757. The second kappa shape index (κ2) is 6.38. The third-order valence-electron chi connectivity index (χ3n) is 2.48. The fourth-order valence-electron chi connectivity index (χ4n) is 1.53. The molecule has 3 aromatic rings. The normalized spacial score (nSPS) is 10.8. The van der Waals surface area contributed by atoms with Gasteiger partial charge in [0, 0.05) is 10.8 Å². The van der Waals surface area contributed by atoms with Gasteiger partial charge in [0.05, 0.1) is 0 Å². The number of hydrogen-bond donors (Lipinski definition) is 0. The zero-order chi connectivity index (χ0) is 14.7. The first-order valence-corrected chi connectivity index (χ1v) is 7.59. The number of rotatable bonds is 4. The molecule has 0 spiro atoms. The van der Waals surface area contributed by atoms with Gasteiger partial charge in [-0.1, -0.05) is 35.5 Å². The lowest BCUT2D eigenvalue weighted by Crippen LogP contribution is -2.04. The standard InChI is InChI=1S/C12H8Cl2N6S/c13-9-3-1-8(2-4-9)5-21-12-18-10(14)17-11(19-12)20-7-15-6-16-20/h1-4,6-7H,5H2. The van der Waals surface area contributed by atoms with Crippen molar-refractivity contribution in [3.8, 4) is 5.95 Å². The summed E-state index contributed by atoms with van der Waals surface area (Å²) in [5, 5.41) is 5.32. The van der Waals surface area contributed by atoms with Crippen molar-refractivity contribution < 1.29 is 0 Å². The van der Waals surface area contributed by atoms with Crippen LogP contribution < -0.4 is 0 Å². The Bertz CT molecular complexity index is 732. The van der Waals surface area contributed by atoms with Gasteiger partial charge in [-0.2, -0.15) is 24.7 Å². The summed E-state index contributed by atoms with van der Waals surface area (Å²) in [5.41, 5.74) is 1.11. The number of hydrogen-bond acceptors (Lipinski definition) is 6. The SMILES string of the molecule is Clc1ccc(CSc2nc(Cl)nc(-n3cncn3)n2)cc1. The lowest BCUT2D eigenvalue weighted by Gasteiger charge is -2.04. The van der Waals surface area contributed by atoms with E-state index in [1.807, 2.05) is 24.3 Å². The van der Waals surface area contributed by atoms with Gasteiger partial charge in [-0.05, 0) is 29.3 Å². The highest BCUT2D eigenvalue weighted by molar-refractivity contribution is 7.98. The van der Waals surface area contributed by atoms with E-state index in [4.69, 9.17) is 23.2 Å². The van der Waals surface area contributed by atoms with Gasteiger partial charge in [-0.3, -0.25) is 0 Å². The maximum Gasteiger partial charge on any atom is 0.257 e. The molecule has 0 unspecified atom stereocenters. The molecule has 2 aromatic heterocycles. The molecule has 9 heteroatoms. The molecule has 0 amide bonds. The van der Waals surface area contributed by atoms with Crippen LogP contribution >= 0.6 is 35.0 Å². The Labute approximate surface area is 134 Å². The van der Waals surface area contributed by atoms with Crippen molar-refractivity contribution in [1.29, 1.82) is 0 Å². The first-order valence-electron chi connectivity index (χ1n) is 5.84. The average Bonchev–Trinajstić information content (AvgIpc) is 3.00. The van der Waals surface area contributed by atoms with Crippen LogP contribution in [-0.4, -0.2) is 29.7 Å². The van der Waals surface area contributed by atoms with E-state index < -0.39 is 0 Å². The number of nitrogens with zero attached hydrogens (tertiary/aromatic N) is 6. The Morgan fingerprint density at radius 3 is 2.57 bits per heavy atom. The summed E-state index contributed by atoms with van der Waals surface area (Å²) in [6, 6.07) is 7.60. The Hall–Kier alpha value is -1.70. The molecule has 0 bridgehead atoms. The molecule has 1 aromatic carbocycles. The van der Waals surface area contributed by atoms with Crippen molar-refractivity contribution in [3.63, 3.8) is 0 Å². The summed E-state index contributed by atoms with van der Waals surface area (Å²) in [6.07, 6.45) is 2.90. The van der Waals surface area contributed by atoms with E-state index >= 15 is 0 Å². The van der Waals surface area contributed by atoms with Gasteiger partial charge in [-0.25, -0.2) is 4.98 Å². The van der Waals surface area contributed by atoms with Gasteiger partial charge < -0.3 is 0 Å². The molecule has 0 radical (unpaired) electrons. The van der Waals surface area contributed by atoms with Crippen LogP contribution in [-0.2, 0) is 5.75 Å². The van der Waals surface area contributed by atoms with E-state index in [9.17, 15) is 0 Å². The van der Waals surface area contributed by atoms with Crippen molar-refractivity contribution in [3.05, 3.63) is 52.8 Å². The predicted molar refractivity (Wildman–Crippen MR) is 80.8 cm³/mol. The van der Waals surface area contributed by atoms with Crippen LogP contribution in [0.3, 0.4) is 0 Å². The molecule has 3 rings (SSSR count). The van der Waals surface area contributed by atoms with Crippen LogP contribution in [0.15, 0.2) is 42.1 Å². The minimum Gasteiger partial charge on any atom is -0.223 e. The fraction of sp³-hybridized carbons (Fsp3) is 0.0833. The monoisotopic (exact) mass is 338 g/mol. The van der Waals surface area contributed by atoms with Gasteiger partial charge in [-0.15, -0.1) is 0 Å². The van der Waals surface area contributed by atoms with E-state index in [0.717, 1.165) is 5.56 Å². The second-order valence-corrected chi connectivity index (χ2v) is 5.66. The van der Waals surface area contributed by atoms with Gasteiger partial charge in [0.25, 0.3) is 5.95 Å². The summed E-state index contributed by atoms with van der Waals surface area (Å²) in [6.45, 7) is 0. The molecule has 0 N–H and O–H groups in total. The lowest BCUT2D eigenvalue weighted by atomic mass is 10.2. The van der Waals surface area contributed by atoms with Crippen molar-refractivity contribution >= 4 is 35.0 Å². The summed E-state index contributed by atoms with van der Waals surface area (Å²) in [4.78, 5) is 16.3. The van der Waals surface area contributed by atoms with Crippen LogP contribution in [0.4, 0.5) is 0 Å². The molecule has 0 saturated carbocycles. The molecule has 21 heavy (non-hydrogen) atoms. The van der Waals surface area contributed by atoms with Gasteiger partial charge in [0.2, 0.25) is 5.28 Å². The van der Waals surface area contributed by atoms with Crippen LogP contribution in [0.5, 0.6) is 0 Å². The minimum atomic E-state index is 0.120. The molecule has 0 aliphatic rings. The van der Waals surface area contributed by atoms with Gasteiger partial charge >= 0.3 is 0 Å². The molecule has 6 nitrogen and oxygen atoms in total. The van der Waals surface area contributed by atoms with E-state index in [1.54, 1.807) is 0 Å². The average molecular weight is 339 g/mol. The number of benzene rings is 1. The summed E-state index contributed by atoms with van der Waals surface area (Å²) >= 11 is 13.2. The molecular formula is C12H8Cl2N6S. The second-order valence-electron chi connectivity index (χ2n) is 3.94. The van der Waals surface area contributed by atoms with Gasteiger partial charge in [0.1, 0.15) is 12.7 Å². The van der Waals surface area contributed by atoms with Gasteiger partial charge in [0.15, 0.2) is 5.16 Å². The molecule has 0 saturated heterocycles. The van der Waals surface area contributed by atoms with E-state index in [1.165, 1.54) is 29.1 Å². The highest BCUT2D eigenvalue weighted by Crippen LogP contribution is 2.21. The fourth-order valence-corrected chi connectivity index (χ4v) is 2.65. The van der Waals surface area contributed by atoms with Crippen LogP contribution in [0.25, 0.3) is 5.95 Å². The predicted octanol–water partition coefficient (Wildman–Crippen LogP) is 3.05. The largest absolute Gasteiger partial charge is 0.257 e. The molecular weight excluding hydrogens is 331 g/mol. The molecule has 0 aliphatic heterocycles. The van der Waals surface area contributed by atoms with Crippen LogP contribution in [0.2, 0.25) is 10.3 Å². The third kappa shape index (κ3) is 3.69. The summed E-state index contributed by atoms with van der Waals surface area (Å²) in [7, 11) is 0. The molecule has 0 fully saturated rings. The van der Waals surface area contributed by atoms with Crippen molar-refractivity contribution in [2.45, 2.75) is 10.9 Å². The first-order chi connectivity index (χ1) is 10.2. The first kappa shape index (κ1) is 14.2. The smallest absolute Gasteiger partial charge is 0.223 e. The molecule has 2 heterocycles. The zero-order valence-corrected chi connectivity index (χ0v) is 12.8. The topological polar surface area (TPSA) is 69.4 Å². The number of thioether (sulfide) groups is 1. The van der Waals surface area contributed by atoms with Crippen molar-refractivity contribution in [2.75, 3.05) is 0 Å². The van der Waals surface area contributed by atoms with Crippen LogP contribution in [0, 0.1) is 0 Å². The summed E-state index contributed by atoms with van der Waals surface area (Å²) < 4.78 is 1.43. The quantitative estimate of drug-likeness (QED) is 0.681. The Morgan fingerprint density at radius 1 is 1.05 bits per heavy atom. The Kier molecular flexibility index (Phi) is 4.33. The van der Waals surface area contributed by atoms with Crippen molar-refractivity contribution in [2.24, 2.45) is 0 Å². The number of halogens is 2. The number of aromatic nitrogens is 6. The third-order valence-corrected chi connectivity index (χ3v) is 3.82. The Morgan fingerprint density at radius 2 is 1.86 bits per heavy atom. The summed E-state index contributed by atoms with van der Waals surface area (Å²) in [5.74, 6) is 1.04. The molecule has 106 valence electrons. The molecule has 0 aliphatic carbocycles. The minimum absolute atomic E-state index is 0.120. The van der Waals surface area contributed by atoms with E-state index in [0.29, 0.717) is 21.9 Å². The maximum atomic E-state index is 5.91. The maximum absolute atomic E-state index is 5.91. The highest BCUT2D eigenvalue weighted by atomic mass is 35.5. The van der Waals surface area contributed by atoms with E-state index in [2.05, 4.69) is 25.0 Å². The van der Waals surface area contributed by atoms with E-state index in [-0.39, 0.29) is 5.28 Å². The zero-order valence-electron chi connectivity index (χ0n) is 10.5.